The molecule has 26 heavy (non-hydrogen) atoms. The minimum absolute atomic E-state index is 0.0771. The predicted molar refractivity (Wildman–Crippen MR) is 101 cm³/mol. The standard InChI is InChI=1S/C18H13Cl2FN4O/c1-10-6-11(19)2-5-15(10)25-17-9-22-16(8-23-17)18(26)24-12-3-4-14(21)13(20)7-12/h2-9H,1H3,(H,23,25)(H,24,26). The van der Waals surface area contributed by atoms with E-state index >= 15 is 0 Å². The molecule has 1 aromatic heterocycles. The summed E-state index contributed by atoms with van der Waals surface area (Å²) in [7, 11) is 0. The van der Waals surface area contributed by atoms with E-state index in [1.54, 1.807) is 6.07 Å². The lowest BCUT2D eigenvalue weighted by Crippen LogP contribution is -2.14. The fourth-order valence-corrected chi connectivity index (χ4v) is 2.59. The highest BCUT2D eigenvalue weighted by Gasteiger charge is 2.10. The monoisotopic (exact) mass is 390 g/mol. The van der Waals surface area contributed by atoms with Crippen molar-refractivity contribution in [2.24, 2.45) is 0 Å². The number of nitrogens with zero attached hydrogens (tertiary/aromatic N) is 2. The number of hydrogen-bond acceptors (Lipinski definition) is 4. The van der Waals surface area contributed by atoms with Crippen molar-refractivity contribution in [3.63, 3.8) is 0 Å². The third kappa shape index (κ3) is 4.28. The van der Waals surface area contributed by atoms with Crippen molar-refractivity contribution in [2.75, 3.05) is 10.6 Å². The summed E-state index contributed by atoms with van der Waals surface area (Å²) < 4.78 is 13.2. The Labute approximate surface area is 159 Å². The largest absolute Gasteiger partial charge is 0.339 e. The average Bonchev–Trinajstić information content (AvgIpc) is 2.61. The van der Waals surface area contributed by atoms with Gasteiger partial charge in [-0.2, -0.15) is 0 Å². The predicted octanol–water partition coefficient (Wildman–Crippen LogP) is 5.23. The van der Waals surface area contributed by atoms with Gasteiger partial charge in [-0.25, -0.2) is 14.4 Å². The van der Waals surface area contributed by atoms with E-state index in [1.165, 1.54) is 30.6 Å². The molecule has 0 saturated carbocycles. The number of anilines is 3. The molecule has 2 N–H and O–H groups in total. The van der Waals surface area contributed by atoms with Gasteiger partial charge < -0.3 is 10.6 Å². The second-order valence-corrected chi connectivity index (χ2v) is 6.30. The van der Waals surface area contributed by atoms with Crippen LogP contribution < -0.4 is 10.6 Å². The van der Waals surface area contributed by atoms with Gasteiger partial charge in [-0.05, 0) is 48.9 Å². The molecule has 0 saturated heterocycles. The van der Waals surface area contributed by atoms with E-state index in [0.717, 1.165) is 11.3 Å². The summed E-state index contributed by atoms with van der Waals surface area (Å²) in [6.45, 7) is 1.91. The summed E-state index contributed by atoms with van der Waals surface area (Å²) in [6.07, 6.45) is 2.79. The third-order valence-electron chi connectivity index (χ3n) is 3.51. The SMILES string of the molecule is Cc1cc(Cl)ccc1Nc1cnc(C(=O)Nc2ccc(F)c(Cl)c2)cn1. The molecule has 0 aliphatic rings. The van der Waals surface area contributed by atoms with Crippen LogP contribution in [-0.4, -0.2) is 15.9 Å². The van der Waals surface area contributed by atoms with Gasteiger partial charge in [0.15, 0.2) is 0 Å². The minimum Gasteiger partial charge on any atom is -0.339 e. The second-order valence-electron chi connectivity index (χ2n) is 5.45. The number of amides is 1. The first-order chi connectivity index (χ1) is 12.4. The molecule has 132 valence electrons. The molecule has 0 bridgehead atoms. The van der Waals surface area contributed by atoms with Crippen LogP contribution in [0.2, 0.25) is 10.0 Å². The van der Waals surface area contributed by atoms with Crippen LogP contribution >= 0.6 is 23.2 Å². The number of hydrogen-bond donors (Lipinski definition) is 2. The highest BCUT2D eigenvalue weighted by atomic mass is 35.5. The quantitative estimate of drug-likeness (QED) is 0.640. The maximum Gasteiger partial charge on any atom is 0.275 e. The maximum atomic E-state index is 13.2. The van der Waals surface area contributed by atoms with Crippen LogP contribution in [0.5, 0.6) is 0 Å². The molecular weight excluding hydrogens is 378 g/mol. The molecule has 0 spiro atoms. The number of carbonyl (C=O) groups is 1. The molecular formula is C18H13Cl2FN4O. The van der Waals surface area contributed by atoms with Gasteiger partial charge in [-0.15, -0.1) is 0 Å². The van der Waals surface area contributed by atoms with Crippen molar-refractivity contribution in [3.8, 4) is 0 Å². The Morgan fingerprint density at radius 3 is 2.54 bits per heavy atom. The smallest absolute Gasteiger partial charge is 0.275 e. The van der Waals surface area contributed by atoms with Crippen molar-refractivity contribution in [2.45, 2.75) is 6.92 Å². The fourth-order valence-electron chi connectivity index (χ4n) is 2.18. The van der Waals surface area contributed by atoms with Crippen LogP contribution in [0.1, 0.15) is 16.1 Å². The normalized spacial score (nSPS) is 10.5. The van der Waals surface area contributed by atoms with Gasteiger partial charge in [0, 0.05) is 16.4 Å². The van der Waals surface area contributed by atoms with Crippen LogP contribution in [0.15, 0.2) is 48.8 Å². The zero-order valence-electron chi connectivity index (χ0n) is 13.6. The van der Waals surface area contributed by atoms with Crippen molar-refractivity contribution in [1.29, 1.82) is 0 Å². The maximum absolute atomic E-state index is 13.2. The van der Waals surface area contributed by atoms with Crippen LogP contribution in [-0.2, 0) is 0 Å². The number of aromatic nitrogens is 2. The first kappa shape index (κ1) is 18.1. The highest BCUT2D eigenvalue weighted by molar-refractivity contribution is 6.31. The number of benzene rings is 2. The molecule has 3 rings (SSSR count). The topological polar surface area (TPSA) is 66.9 Å². The van der Waals surface area contributed by atoms with Gasteiger partial charge in [-0.1, -0.05) is 23.2 Å². The molecule has 1 amide bonds. The number of carbonyl (C=O) groups excluding carboxylic acids is 1. The van der Waals surface area contributed by atoms with Crippen molar-refractivity contribution in [3.05, 3.63) is 75.9 Å². The lowest BCUT2D eigenvalue weighted by molar-refractivity contribution is 0.102. The van der Waals surface area contributed by atoms with Gasteiger partial charge in [0.2, 0.25) is 0 Å². The van der Waals surface area contributed by atoms with E-state index < -0.39 is 11.7 Å². The summed E-state index contributed by atoms with van der Waals surface area (Å²) in [4.78, 5) is 20.5. The Kier molecular flexibility index (Phi) is 5.35. The Hall–Kier alpha value is -2.70. The van der Waals surface area contributed by atoms with Gasteiger partial charge >= 0.3 is 0 Å². The molecule has 0 atom stereocenters. The Morgan fingerprint density at radius 1 is 1.08 bits per heavy atom. The van der Waals surface area contributed by atoms with E-state index in [9.17, 15) is 9.18 Å². The van der Waals surface area contributed by atoms with Crippen LogP contribution in [0.4, 0.5) is 21.6 Å². The molecule has 3 aromatic rings. The Bertz CT molecular complexity index is 964. The summed E-state index contributed by atoms with van der Waals surface area (Å²) in [5.74, 6) is -0.552. The van der Waals surface area contributed by atoms with E-state index in [-0.39, 0.29) is 10.7 Å². The Morgan fingerprint density at radius 2 is 1.88 bits per heavy atom. The molecule has 2 aromatic carbocycles. The average molecular weight is 391 g/mol. The van der Waals surface area contributed by atoms with Gasteiger partial charge in [0.05, 0.1) is 17.4 Å². The third-order valence-corrected chi connectivity index (χ3v) is 4.04. The van der Waals surface area contributed by atoms with Crippen molar-refractivity contribution in [1.82, 2.24) is 9.97 Å². The zero-order chi connectivity index (χ0) is 18.7. The molecule has 0 radical (unpaired) electrons. The van der Waals surface area contributed by atoms with Gasteiger partial charge in [-0.3, -0.25) is 4.79 Å². The van der Waals surface area contributed by atoms with E-state index in [4.69, 9.17) is 23.2 Å². The van der Waals surface area contributed by atoms with Gasteiger partial charge in [0.1, 0.15) is 17.3 Å². The van der Waals surface area contributed by atoms with Crippen LogP contribution in [0, 0.1) is 12.7 Å². The first-order valence-electron chi connectivity index (χ1n) is 7.54. The van der Waals surface area contributed by atoms with E-state index in [1.807, 2.05) is 19.1 Å². The number of rotatable bonds is 4. The summed E-state index contributed by atoms with van der Waals surface area (Å²) in [5.41, 5.74) is 2.27. The lowest BCUT2D eigenvalue weighted by Gasteiger charge is -2.09. The molecule has 8 heteroatoms. The van der Waals surface area contributed by atoms with Crippen LogP contribution in [0.25, 0.3) is 0 Å². The lowest BCUT2D eigenvalue weighted by atomic mass is 10.2. The second kappa shape index (κ2) is 7.68. The molecule has 0 unspecified atom stereocenters. The molecule has 5 nitrogen and oxygen atoms in total. The van der Waals surface area contributed by atoms with Crippen LogP contribution in [0.3, 0.4) is 0 Å². The summed E-state index contributed by atoms with van der Waals surface area (Å²) in [5, 5.41) is 6.26. The van der Waals surface area contributed by atoms with Crippen molar-refractivity contribution >= 4 is 46.3 Å². The summed E-state index contributed by atoms with van der Waals surface area (Å²) in [6, 6.07) is 9.32. The summed E-state index contributed by atoms with van der Waals surface area (Å²) >= 11 is 11.6. The zero-order valence-corrected chi connectivity index (χ0v) is 15.1. The molecule has 0 aliphatic carbocycles. The van der Waals surface area contributed by atoms with Gasteiger partial charge in [0.25, 0.3) is 5.91 Å². The minimum atomic E-state index is -0.558. The first-order valence-corrected chi connectivity index (χ1v) is 8.29. The highest BCUT2D eigenvalue weighted by Crippen LogP contribution is 2.23. The molecule has 0 fully saturated rings. The van der Waals surface area contributed by atoms with E-state index in [0.29, 0.717) is 16.5 Å². The van der Waals surface area contributed by atoms with Crippen molar-refractivity contribution < 1.29 is 9.18 Å². The Balaban J connectivity index is 1.70. The number of nitrogens with one attached hydrogen (secondary N) is 2. The fraction of sp³-hybridized carbons (Fsp3) is 0.0556. The van der Waals surface area contributed by atoms with E-state index in [2.05, 4.69) is 20.6 Å². The number of aryl methyl sites for hydroxylation is 1. The number of halogens is 3. The molecule has 0 aliphatic heterocycles. The molecule has 1 heterocycles.